The minimum atomic E-state index is -1.12. The fraction of sp³-hybridized carbons (Fsp3) is 0.150. The highest BCUT2D eigenvalue weighted by Crippen LogP contribution is 2.25. The smallest absolute Gasteiger partial charge is 0.261 e. The van der Waals surface area contributed by atoms with Gasteiger partial charge in [0.1, 0.15) is 5.60 Å². The van der Waals surface area contributed by atoms with Crippen LogP contribution in [0.15, 0.2) is 72.1 Å². The average molecular weight is 337 g/mol. The van der Waals surface area contributed by atoms with Crippen molar-refractivity contribution in [2.24, 2.45) is 0 Å². The summed E-state index contributed by atoms with van der Waals surface area (Å²) in [5.41, 5.74) is 1.88. The maximum atomic E-state index is 12.0. The summed E-state index contributed by atoms with van der Waals surface area (Å²) in [6.07, 6.45) is 0. The van der Waals surface area contributed by atoms with Crippen LogP contribution in [-0.2, 0) is 5.60 Å². The Morgan fingerprint density at radius 2 is 1.67 bits per heavy atom. The van der Waals surface area contributed by atoms with Crippen LogP contribution in [0.3, 0.4) is 0 Å². The molecule has 0 spiro atoms. The number of hydrogen-bond acceptors (Lipinski definition) is 3. The topological polar surface area (TPSA) is 49.3 Å². The summed E-state index contributed by atoms with van der Waals surface area (Å²) < 4.78 is 0. The van der Waals surface area contributed by atoms with E-state index in [1.165, 1.54) is 11.3 Å². The molecule has 3 aromatic rings. The van der Waals surface area contributed by atoms with E-state index in [9.17, 15) is 9.90 Å². The SMILES string of the molecule is C[C@](O)(CNC(=O)c1cccs1)c1ccc(-c2ccccc2)cc1. The van der Waals surface area contributed by atoms with Gasteiger partial charge in [-0.25, -0.2) is 0 Å². The minimum absolute atomic E-state index is 0.161. The Bertz CT molecular complexity index is 793. The molecule has 0 saturated carbocycles. The highest BCUT2D eigenvalue weighted by molar-refractivity contribution is 7.12. The number of aliphatic hydroxyl groups is 1. The molecule has 4 heteroatoms. The zero-order valence-electron chi connectivity index (χ0n) is 13.4. The summed E-state index contributed by atoms with van der Waals surface area (Å²) in [5, 5.41) is 15.3. The first-order valence-corrected chi connectivity index (χ1v) is 8.64. The van der Waals surface area contributed by atoms with Crippen LogP contribution in [0.4, 0.5) is 0 Å². The van der Waals surface area contributed by atoms with E-state index in [0.29, 0.717) is 4.88 Å². The average Bonchev–Trinajstić information content (AvgIpc) is 3.15. The van der Waals surface area contributed by atoms with E-state index in [0.717, 1.165) is 16.7 Å². The van der Waals surface area contributed by atoms with Crippen molar-refractivity contribution < 1.29 is 9.90 Å². The van der Waals surface area contributed by atoms with E-state index in [4.69, 9.17) is 0 Å². The lowest BCUT2D eigenvalue weighted by molar-refractivity contribution is 0.0527. The maximum absolute atomic E-state index is 12.0. The van der Waals surface area contributed by atoms with Crippen LogP contribution in [0, 0.1) is 0 Å². The molecular formula is C20H19NO2S. The van der Waals surface area contributed by atoms with Gasteiger partial charge in [0.2, 0.25) is 0 Å². The Balaban J connectivity index is 1.69. The van der Waals surface area contributed by atoms with Crippen molar-refractivity contribution in [1.29, 1.82) is 0 Å². The largest absolute Gasteiger partial charge is 0.384 e. The van der Waals surface area contributed by atoms with Gasteiger partial charge in [-0.15, -0.1) is 11.3 Å². The summed E-state index contributed by atoms with van der Waals surface area (Å²) in [7, 11) is 0. The molecule has 0 aliphatic carbocycles. The number of carbonyl (C=O) groups is 1. The Morgan fingerprint density at radius 1 is 1.00 bits per heavy atom. The Labute approximate surface area is 145 Å². The van der Waals surface area contributed by atoms with E-state index in [1.807, 2.05) is 66.0 Å². The summed E-state index contributed by atoms with van der Waals surface area (Å²) in [4.78, 5) is 12.7. The molecule has 122 valence electrons. The molecule has 0 radical (unpaired) electrons. The van der Waals surface area contributed by atoms with Gasteiger partial charge in [-0.3, -0.25) is 4.79 Å². The van der Waals surface area contributed by atoms with Crippen molar-refractivity contribution in [3.63, 3.8) is 0 Å². The van der Waals surface area contributed by atoms with Crippen LogP contribution in [-0.4, -0.2) is 17.6 Å². The first kappa shape index (κ1) is 16.4. The van der Waals surface area contributed by atoms with Gasteiger partial charge in [0.15, 0.2) is 0 Å². The third kappa shape index (κ3) is 3.72. The first-order chi connectivity index (χ1) is 11.6. The van der Waals surface area contributed by atoms with Crippen LogP contribution in [0.25, 0.3) is 11.1 Å². The zero-order chi connectivity index (χ0) is 17.0. The van der Waals surface area contributed by atoms with Crippen molar-refractivity contribution >= 4 is 17.2 Å². The molecule has 0 saturated heterocycles. The van der Waals surface area contributed by atoms with Crippen molar-refractivity contribution in [3.8, 4) is 11.1 Å². The molecule has 0 aliphatic heterocycles. The number of amides is 1. The second kappa shape index (κ2) is 6.99. The molecule has 0 aliphatic rings. The fourth-order valence-corrected chi connectivity index (χ4v) is 3.14. The van der Waals surface area contributed by atoms with Gasteiger partial charge in [-0.05, 0) is 35.1 Å². The van der Waals surface area contributed by atoms with Crippen LogP contribution >= 0.6 is 11.3 Å². The van der Waals surface area contributed by atoms with Gasteiger partial charge >= 0.3 is 0 Å². The van der Waals surface area contributed by atoms with Gasteiger partial charge in [0.05, 0.1) is 11.4 Å². The van der Waals surface area contributed by atoms with Crippen LogP contribution in [0.1, 0.15) is 22.2 Å². The number of hydrogen-bond donors (Lipinski definition) is 2. The van der Waals surface area contributed by atoms with E-state index in [1.54, 1.807) is 13.0 Å². The fourth-order valence-electron chi connectivity index (χ4n) is 2.50. The quantitative estimate of drug-likeness (QED) is 0.738. The van der Waals surface area contributed by atoms with Crippen LogP contribution in [0.5, 0.6) is 0 Å². The molecule has 0 fully saturated rings. The van der Waals surface area contributed by atoms with Crippen molar-refractivity contribution in [3.05, 3.63) is 82.6 Å². The molecule has 1 heterocycles. The van der Waals surface area contributed by atoms with Crippen LogP contribution in [0.2, 0.25) is 0 Å². The molecule has 3 rings (SSSR count). The second-order valence-corrected chi connectivity index (χ2v) is 6.82. The molecular weight excluding hydrogens is 318 g/mol. The third-order valence-electron chi connectivity index (χ3n) is 3.95. The van der Waals surface area contributed by atoms with Gasteiger partial charge < -0.3 is 10.4 Å². The summed E-state index contributed by atoms with van der Waals surface area (Å²) in [6.45, 7) is 1.87. The van der Waals surface area contributed by atoms with Crippen molar-refractivity contribution in [1.82, 2.24) is 5.32 Å². The highest BCUT2D eigenvalue weighted by Gasteiger charge is 2.24. The molecule has 2 N–H and O–H groups in total. The minimum Gasteiger partial charge on any atom is -0.384 e. The van der Waals surface area contributed by atoms with Crippen molar-refractivity contribution in [2.75, 3.05) is 6.54 Å². The summed E-state index contributed by atoms with van der Waals surface area (Å²) in [6, 6.07) is 21.5. The van der Waals surface area contributed by atoms with Gasteiger partial charge in [0, 0.05) is 0 Å². The van der Waals surface area contributed by atoms with Gasteiger partial charge in [0.25, 0.3) is 5.91 Å². The Morgan fingerprint density at radius 3 is 2.29 bits per heavy atom. The monoisotopic (exact) mass is 337 g/mol. The zero-order valence-corrected chi connectivity index (χ0v) is 14.2. The number of thiophene rings is 1. The van der Waals surface area contributed by atoms with E-state index >= 15 is 0 Å². The van der Waals surface area contributed by atoms with E-state index in [-0.39, 0.29) is 12.5 Å². The molecule has 0 bridgehead atoms. The standard InChI is InChI=1S/C20H19NO2S/c1-20(23,14-21-19(22)18-8-5-13-24-18)17-11-9-16(10-12-17)15-6-3-2-4-7-15/h2-13,23H,14H2,1H3,(H,21,22)/t20-/m0/s1. The van der Waals surface area contributed by atoms with E-state index < -0.39 is 5.60 Å². The number of nitrogens with one attached hydrogen (secondary N) is 1. The molecule has 3 nitrogen and oxygen atoms in total. The van der Waals surface area contributed by atoms with Crippen molar-refractivity contribution in [2.45, 2.75) is 12.5 Å². The third-order valence-corrected chi connectivity index (χ3v) is 4.82. The van der Waals surface area contributed by atoms with Gasteiger partial charge in [-0.2, -0.15) is 0 Å². The number of benzene rings is 2. The predicted molar refractivity (Wildman–Crippen MR) is 98.1 cm³/mol. The maximum Gasteiger partial charge on any atom is 0.261 e. The summed E-state index contributed by atoms with van der Waals surface area (Å²) >= 11 is 1.38. The van der Waals surface area contributed by atoms with Crippen LogP contribution < -0.4 is 5.32 Å². The molecule has 0 unspecified atom stereocenters. The highest BCUT2D eigenvalue weighted by atomic mass is 32.1. The van der Waals surface area contributed by atoms with Gasteiger partial charge in [-0.1, -0.05) is 60.7 Å². The lowest BCUT2D eigenvalue weighted by Crippen LogP contribution is -2.38. The predicted octanol–water partition coefficient (Wildman–Crippen LogP) is 4.05. The number of carbonyl (C=O) groups excluding carboxylic acids is 1. The Kier molecular flexibility index (Phi) is 4.79. The molecule has 1 amide bonds. The molecule has 2 aromatic carbocycles. The molecule has 1 atom stereocenters. The lowest BCUT2D eigenvalue weighted by atomic mass is 9.93. The number of rotatable bonds is 5. The summed E-state index contributed by atoms with van der Waals surface area (Å²) in [5.74, 6) is -0.161. The normalized spacial score (nSPS) is 13.2. The van der Waals surface area contributed by atoms with E-state index in [2.05, 4.69) is 5.32 Å². The second-order valence-electron chi connectivity index (χ2n) is 5.88. The lowest BCUT2D eigenvalue weighted by Gasteiger charge is -2.24. The molecule has 1 aromatic heterocycles. The molecule has 24 heavy (non-hydrogen) atoms. The Hall–Kier alpha value is -2.43. The first-order valence-electron chi connectivity index (χ1n) is 7.76.